The number of hydrogen-bond acceptors (Lipinski definition) is 3. The number of aldehydes is 1. The van der Waals surface area contributed by atoms with Gasteiger partial charge < -0.3 is 4.98 Å². The van der Waals surface area contributed by atoms with E-state index in [1.807, 2.05) is 0 Å². The van der Waals surface area contributed by atoms with Crippen molar-refractivity contribution < 1.29 is 4.79 Å². The maximum Gasteiger partial charge on any atom is 0.167 e. The summed E-state index contributed by atoms with van der Waals surface area (Å²) in [4.78, 5) is 21.2. The second-order valence-electron chi connectivity index (χ2n) is 2.70. The summed E-state index contributed by atoms with van der Waals surface area (Å²) >= 11 is 5.76. The van der Waals surface area contributed by atoms with E-state index in [1.54, 1.807) is 12.3 Å². The fourth-order valence-corrected chi connectivity index (χ4v) is 1.26. The van der Waals surface area contributed by atoms with Crippen molar-refractivity contribution in [1.29, 1.82) is 0 Å². The third-order valence-electron chi connectivity index (χ3n) is 1.70. The minimum atomic E-state index is 0.431. The van der Waals surface area contributed by atoms with Crippen LogP contribution in [0.1, 0.15) is 10.5 Å². The van der Waals surface area contributed by atoms with E-state index >= 15 is 0 Å². The third kappa shape index (κ3) is 1.65. The summed E-state index contributed by atoms with van der Waals surface area (Å²) in [5, 5.41) is 0.534. The number of rotatable bonds is 2. The molecule has 0 fully saturated rings. The van der Waals surface area contributed by atoms with Crippen LogP contribution in [0.15, 0.2) is 24.7 Å². The molecule has 0 saturated heterocycles. The van der Waals surface area contributed by atoms with E-state index in [2.05, 4.69) is 15.0 Å². The van der Waals surface area contributed by atoms with E-state index in [0.29, 0.717) is 22.8 Å². The van der Waals surface area contributed by atoms with Crippen LogP contribution in [0, 0.1) is 0 Å². The molecule has 0 aliphatic carbocycles. The number of aromatic nitrogens is 3. The summed E-state index contributed by atoms with van der Waals surface area (Å²) in [5.74, 6) is 0.585. The SMILES string of the molecule is O=Cc1cnc(-c2cncc(Cl)c2)[nH]1. The molecule has 0 atom stereocenters. The van der Waals surface area contributed by atoms with Crippen molar-refractivity contribution in [2.24, 2.45) is 0 Å². The first-order chi connectivity index (χ1) is 6.79. The van der Waals surface area contributed by atoms with Crippen molar-refractivity contribution in [3.8, 4) is 11.4 Å². The van der Waals surface area contributed by atoms with E-state index in [-0.39, 0.29) is 0 Å². The molecule has 0 aromatic carbocycles. The van der Waals surface area contributed by atoms with Gasteiger partial charge in [0.1, 0.15) is 5.82 Å². The first kappa shape index (κ1) is 8.90. The van der Waals surface area contributed by atoms with Crippen LogP contribution in [-0.4, -0.2) is 21.2 Å². The number of carbonyl (C=O) groups excluding carboxylic acids is 1. The summed E-state index contributed by atoms with van der Waals surface area (Å²) in [6.07, 6.45) is 5.33. The third-order valence-corrected chi connectivity index (χ3v) is 1.91. The van der Waals surface area contributed by atoms with Crippen LogP contribution < -0.4 is 0 Å². The van der Waals surface area contributed by atoms with Crippen molar-refractivity contribution >= 4 is 17.9 Å². The Labute approximate surface area is 85.0 Å². The van der Waals surface area contributed by atoms with Gasteiger partial charge in [0.15, 0.2) is 6.29 Å². The highest BCUT2D eigenvalue weighted by atomic mass is 35.5. The number of imidazole rings is 1. The van der Waals surface area contributed by atoms with Gasteiger partial charge in [-0.25, -0.2) is 4.98 Å². The quantitative estimate of drug-likeness (QED) is 0.766. The van der Waals surface area contributed by atoms with Gasteiger partial charge in [0.25, 0.3) is 0 Å². The van der Waals surface area contributed by atoms with Crippen molar-refractivity contribution in [3.05, 3.63) is 35.4 Å². The Bertz CT molecular complexity index is 467. The highest BCUT2D eigenvalue weighted by Gasteiger charge is 2.03. The average Bonchev–Trinajstić information content (AvgIpc) is 2.66. The fourth-order valence-electron chi connectivity index (χ4n) is 1.08. The number of halogens is 1. The van der Waals surface area contributed by atoms with Gasteiger partial charge in [0.2, 0.25) is 0 Å². The van der Waals surface area contributed by atoms with Gasteiger partial charge in [-0.05, 0) is 6.07 Å². The molecule has 0 bridgehead atoms. The molecule has 70 valence electrons. The molecule has 0 amide bonds. The molecule has 2 aromatic heterocycles. The molecular formula is C9H6ClN3O. The molecule has 2 heterocycles. The number of carbonyl (C=O) groups is 1. The van der Waals surface area contributed by atoms with Gasteiger partial charge in [-0.3, -0.25) is 9.78 Å². The molecular weight excluding hydrogens is 202 g/mol. The Morgan fingerprint density at radius 3 is 2.86 bits per heavy atom. The van der Waals surface area contributed by atoms with Gasteiger partial charge >= 0.3 is 0 Å². The lowest BCUT2D eigenvalue weighted by Crippen LogP contribution is -1.83. The number of nitrogens with zero attached hydrogens (tertiary/aromatic N) is 2. The molecule has 2 rings (SSSR count). The summed E-state index contributed by atoms with van der Waals surface area (Å²) < 4.78 is 0. The topological polar surface area (TPSA) is 58.6 Å². The molecule has 0 unspecified atom stereocenters. The Morgan fingerprint density at radius 2 is 2.21 bits per heavy atom. The second-order valence-corrected chi connectivity index (χ2v) is 3.13. The van der Waals surface area contributed by atoms with Gasteiger partial charge in [0, 0.05) is 18.0 Å². The molecule has 0 saturated carbocycles. The van der Waals surface area contributed by atoms with Gasteiger partial charge in [-0.1, -0.05) is 11.6 Å². The smallest absolute Gasteiger partial charge is 0.167 e. The zero-order chi connectivity index (χ0) is 9.97. The number of hydrogen-bond donors (Lipinski definition) is 1. The first-order valence-electron chi connectivity index (χ1n) is 3.90. The largest absolute Gasteiger partial charge is 0.336 e. The van der Waals surface area contributed by atoms with E-state index in [1.165, 1.54) is 12.4 Å². The summed E-state index contributed by atoms with van der Waals surface area (Å²) in [5.41, 5.74) is 1.19. The highest BCUT2D eigenvalue weighted by Crippen LogP contribution is 2.17. The van der Waals surface area contributed by atoms with Gasteiger partial charge in [0.05, 0.1) is 16.9 Å². The predicted molar refractivity (Wildman–Crippen MR) is 52.2 cm³/mol. The molecule has 2 aromatic rings. The first-order valence-corrected chi connectivity index (χ1v) is 4.28. The zero-order valence-corrected chi connectivity index (χ0v) is 7.82. The number of pyridine rings is 1. The predicted octanol–water partition coefficient (Wildman–Crippen LogP) is 1.94. The standard InChI is InChI=1S/C9H6ClN3O/c10-7-1-6(2-11-3-7)9-12-4-8(5-14)13-9/h1-5H,(H,12,13). The zero-order valence-electron chi connectivity index (χ0n) is 7.07. The van der Waals surface area contributed by atoms with Crippen LogP contribution >= 0.6 is 11.6 Å². The monoisotopic (exact) mass is 207 g/mol. The lowest BCUT2D eigenvalue weighted by atomic mass is 10.3. The van der Waals surface area contributed by atoms with Crippen LogP contribution in [0.4, 0.5) is 0 Å². The Kier molecular flexibility index (Phi) is 2.28. The Morgan fingerprint density at radius 1 is 1.36 bits per heavy atom. The molecule has 0 spiro atoms. The van der Waals surface area contributed by atoms with Crippen LogP contribution in [0.25, 0.3) is 11.4 Å². The Hall–Kier alpha value is -1.68. The van der Waals surface area contributed by atoms with Crippen molar-refractivity contribution in [2.75, 3.05) is 0 Å². The molecule has 0 radical (unpaired) electrons. The van der Waals surface area contributed by atoms with Gasteiger partial charge in [-0.15, -0.1) is 0 Å². The lowest BCUT2D eigenvalue weighted by Gasteiger charge is -1.95. The average molecular weight is 208 g/mol. The summed E-state index contributed by atoms with van der Waals surface area (Å²) in [6, 6.07) is 1.72. The van der Waals surface area contributed by atoms with Gasteiger partial charge in [-0.2, -0.15) is 0 Å². The number of nitrogens with one attached hydrogen (secondary N) is 1. The second kappa shape index (κ2) is 3.59. The van der Waals surface area contributed by atoms with Crippen molar-refractivity contribution in [2.45, 2.75) is 0 Å². The summed E-state index contributed by atoms with van der Waals surface area (Å²) in [6.45, 7) is 0. The molecule has 5 heteroatoms. The van der Waals surface area contributed by atoms with Crippen LogP contribution in [0.2, 0.25) is 5.02 Å². The van der Waals surface area contributed by atoms with E-state index in [4.69, 9.17) is 11.6 Å². The van der Waals surface area contributed by atoms with Crippen molar-refractivity contribution in [3.63, 3.8) is 0 Å². The lowest BCUT2D eigenvalue weighted by molar-refractivity contribution is 0.111. The normalized spacial score (nSPS) is 10.1. The molecule has 0 aliphatic rings. The maximum atomic E-state index is 10.4. The minimum absolute atomic E-state index is 0.431. The van der Waals surface area contributed by atoms with Crippen LogP contribution in [0.5, 0.6) is 0 Å². The van der Waals surface area contributed by atoms with Crippen LogP contribution in [0.3, 0.4) is 0 Å². The van der Waals surface area contributed by atoms with E-state index in [9.17, 15) is 4.79 Å². The maximum absolute atomic E-state index is 10.4. The summed E-state index contributed by atoms with van der Waals surface area (Å²) in [7, 11) is 0. The Balaban J connectivity index is 2.43. The van der Waals surface area contributed by atoms with Crippen LogP contribution in [-0.2, 0) is 0 Å². The van der Waals surface area contributed by atoms with E-state index in [0.717, 1.165) is 5.56 Å². The molecule has 14 heavy (non-hydrogen) atoms. The number of H-pyrrole nitrogens is 1. The molecule has 1 N–H and O–H groups in total. The van der Waals surface area contributed by atoms with Crippen molar-refractivity contribution in [1.82, 2.24) is 15.0 Å². The molecule has 4 nitrogen and oxygen atoms in total. The van der Waals surface area contributed by atoms with E-state index < -0.39 is 0 Å². The number of aromatic amines is 1. The fraction of sp³-hybridized carbons (Fsp3) is 0. The minimum Gasteiger partial charge on any atom is -0.336 e. The highest BCUT2D eigenvalue weighted by molar-refractivity contribution is 6.30. The molecule has 0 aliphatic heterocycles.